The van der Waals surface area contributed by atoms with Crippen LogP contribution >= 0.6 is 0 Å². The van der Waals surface area contributed by atoms with Gasteiger partial charge in [0, 0.05) is 0 Å². The van der Waals surface area contributed by atoms with E-state index in [1.807, 2.05) is 0 Å². The summed E-state index contributed by atoms with van der Waals surface area (Å²) in [5, 5.41) is 18.5. The van der Waals surface area contributed by atoms with E-state index < -0.39 is 24.1 Å². The van der Waals surface area contributed by atoms with E-state index in [9.17, 15) is 14.7 Å². The molecule has 17 heavy (non-hydrogen) atoms. The summed E-state index contributed by atoms with van der Waals surface area (Å²) in [7, 11) is 0. The van der Waals surface area contributed by atoms with Crippen LogP contribution in [0.4, 0.5) is 0 Å². The molecule has 0 aliphatic carbocycles. The van der Waals surface area contributed by atoms with Crippen molar-refractivity contribution in [3.8, 4) is 0 Å². The number of aromatic nitrogens is 2. The van der Waals surface area contributed by atoms with Gasteiger partial charge in [0.25, 0.3) is 0 Å². The predicted molar refractivity (Wildman–Crippen MR) is 52.6 cm³/mol. The summed E-state index contributed by atoms with van der Waals surface area (Å²) in [5.41, 5.74) is -0.910. The van der Waals surface area contributed by atoms with Crippen LogP contribution in [0, 0.1) is 0 Å². The average Bonchev–Trinajstić information content (AvgIpc) is 2.65. The van der Waals surface area contributed by atoms with Crippen molar-refractivity contribution in [2.75, 3.05) is 6.61 Å². The Morgan fingerprint density at radius 3 is 2.88 bits per heavy atom. The topological polar surface area (TPSA) is 105 Å². The third-order valence-corrected chi connectivity index (χ3v) is 4.69. The van der Waals surface area contributed by atoms with Crippen molar-refractivity contribution in [1.82, 2.24) is 9.55 Å². The van der Waals surface area contributed by atoms with Crippen molar-refractivity contribution in [1.29, 1.82) is 0 Å². The minimum absolute atomic E-state index is 0.0895. The molecule has 1 aliphatic rings. The van der Waals surface area contributed by atoms with Crippen molar-refractivity contribution >= 4 is 3.07 Å². The fraction of sp³-hybridized carbons (Fsp3) is 0.556. The van der Waals surface area contributed by atoms with Crippen LogP contribution in [0.1, 0.15) is 12.6 Å². The van der Waals surface area contributed by atoms with Gasteiger partial charge in [-0.25, -0.2) is 0 Å². The molecule has 89 valence electrons. The number of ether oxygens (including phenoxy) is 1. The van der Waals surface area contributed by atoms with E-state index in [0.29, 0.717) is 3.07 Å². The summed E-state index contributed by atoms with van der Waals surface area (Å²) in [5.74, 6) is 0. The number of aliphatic hydroxyl groups excluding tert-OH is 2. The molecule has 1 aliphatic heterocycles. The number of nitrogens with one attached hydrogen (secondary N) is 1. The number of rotatable bonds is 2. The molecule has 1 aromatic rings. The van der Waals surface area contributed by atoms with Gasteiger partial charge < -0.3 is 0 Å². The average molecular weight is 428 g/mol. The Bertz CT molecular complexity index is 525. The molecule has 0 amide bonds. The van der Waals surface area contributed by atoms with E-state index in [2.05, 4.69) is 4.98 Å². The van der Waals surface area contributed by atoms with Crippen molar-refractivity contribution in [2.24, 2.45) is 0 Å². The van der Waals surface area contributed by atoms with Crippen molar-refractivity contribution in [2.45, 2.75) is 24.9 Å². The van der Waals surface area contributed by atoms with Crippen molar-refractivity contribution in [3.05, 3.63) is 27.0 Å². The van der Waals surface area contributed by atoms with E-state index in [-0.39, 0.29) is 44.7 Å². The Morgan fingerprint density at radius 2 is 2.29 bits per heavy atom. The molecule has 3 atom stereocenters. The summed E-state index contributed by atoms with van der Waals surface area (Å²) in [6.45, 7) is -0.299. The third kappa shape index (κ3) is 2.52. The molecule has 3 unspecified atom stereocenters. The normalized spacial score (nSPS) is 28.6. The van der Waals surface area contributed by atoms with Gasteiger partial charge in [0.15, 0.2) is 0 Å². The first-order valence-electron chi connectivity index (χ1n) is 5.14. The maximum absolute atomic E-state index is 11.6. The zero-order valence-electron chi connectivity index (χ0n) is 9.00. The molecule has 3 N–H and O–H groups in total. The van der Waals surface area contributed by atoms with Crippen LogP contribution in [0.3, 0.4) is 0 Å². The molecule has 0 radical (unpaired) electrons. The molecule has 0 saturated carbocycles. The Balaban J connectivity index is 2.34. The van der Waals surface area contributed by atoms with Gasteiger partial charge in [-0.2, -0.15) is 0 Å². The number of nitrogens with zero attached hydrogens (tertiary/aromatic N) is 1. The molecule has 1 aromatic heterocycles. The first-order valence-corrected chi connectivity index (χ1v) is 7.89. The van der Waals surface area contributed by atoms with Crippen LogP contribution in [-0.4, -0.2) is 38.6 Å². The van der Waals surface area contributed by atoms with Crippen LogP contribution in [0.2, 0.25) is 0 Å². The molecule has 2 rings (SSSR count). The fourth-order valence-corrected chi connectivity index (χ4v) is 2.90. The van der Waals surface area contributed by atoms with Crippen LogP contribution in [0.25, 0.3) is 0 Å². The van der Waals surface area contributed by atoms with E-state index in [1.54, 1.807) is 0 Å². The second kappa shape index (κ2) is 5.01. The van der Waals surface area contributed by atoms with Gasteiger partial charge in [-0.3, -0.25) is 0 Å². The Labute approximate surface area is 112 Å². The minimum atomic E-state index is -0.800. The number of hydrogen-bond donors (Lipinski definition) is 3. The van der Waals surface area contributed by atoms with Gasteiger partial charge in [-0.15, -0.1) is 0 Å². The molecular weight excluding hydrogens is 417 g/mol. The van der Waals surface area contributed by atoms with Crippen LogP contribution in [0.15, 0.2) is 15.8 Å². The number of aromatic amines is 1. The Hall–Kier alpha value is -0.505. The molecular formula is C9H11HgN2O5. The second-order valence-electron chi connectivity index (χ2n) is 3.94. The van der Waals surface area contributed by atoms with Crippen molar-refractivity contribution < 1.29 is 41.1 Å². The van der Waals surface area contributed by atoms with Crippen molar-refractivity contribution in [3.63, 3.8) is 0 Å². The molecule has 2 heterocycles. The Kier molecular flexibility index (Phi) is 3.81. The molecule has 0 aromatic carbocycles. The van der Waals surface area contributed by atoms with Crippen LogP contribution in [-0.2, 0) is 30.9 Å². The van der Waals surface area contributed by atoms with Crippen LogP contribution < -0.4 is 14.3 Å². The maximum atomic E-state index is 11.6. The van der Waals surface area contributed by atoms with E-state index in [1.165, 1.54) is 10.8 Å². The molecule has 1 saturated heterocycles. The summed E-state index contributed by atoms with van der Waals surface area (Å²) in [6, 6.07) is 0. The van der Waals surface area contributed by atoms with Gasteiger partial charge in [0.1, 0.15) is 0 Å². The standard InChI is InChI=1S/C9H11N2O5.Hg/c12-4-6-5(13)3-8(16-6)11-2-1-7(14)10-9(11)15;/h2,5-6,8,12-13H,3-4H2,(H,10,14,15);. The van der Waals surface area contributed by atoms with E-state index >= 15 is 0 Å². The molecule has 0 spiro atoms. The van der Waals surface area contributed by atoms with Gasteiger partial charge in [0.2, 0.25) is 0 Å². The summed E-state index contributed by atoms with van der Waals surface area (Å²) >= 11 is 0.0895. The third-order valence-electron chi connectivity index (χ3n) is 2.74. The zero-order valence-corrected chi connectivity index (χ0v) is 14.5. The van der Waals surface area contributed by atoms with Crippen LogP contribution in [0.5, 0.6) is 0 Å². The summed E-state index contributed by atoms with van der Waals surface area (Å²) < 4.78 is 7.19. The number of hydrogen-bond acceptors (Lipinski definition) is 5. The Morgan fingerprint density at radius 1 is 1.59 bits per heavy atom. The zero-order chi connectivity index (χ0) is 12.6. The SMILES string of the molecule is O=c1[nH]c(=O)n(C2CC(O)C(CO)O2)c[c]1[Hg]. The van der Waals surface area contributed by atoms with Gasteiger partial charge >= 0.3 is 112 Å². The fourth-order valence-electron chi connectivity index (χ4n) is 1.79. The van der Waals surface area contributed by atoms with E-state index in [0.717, 1.165) is 0 Å². The van der Waals surface area contributed by atoms with Gasteiger partial charge in [-0.05, 0) is 0 Å². The number of H-pyrrole nitrogens is 1. The van der Waals surface area contributed by atoms with Gasteiger partial charge in [0.05, 0.1) is 0 Å². The quantitative estimate of drug-likeness (QED) is 0.447. The molecule has 0 bridgehead atoms. The first kappa shape index (κ1) is 12.9. The molecule has 1 fully saturated rings. The summed E-state index contributed by atoms with van der Waals surface area (Å²) in [4.78, 5) is 25.0. The second-order valence-corrected chi connectivity index (χ2v) is 6.90. The predicted octanol–water partition coefficient (Wildman–Crippen LogP) is -2.65. The molecule has 7 nitrogen and oxygen atoms in total. The monoisotopic (exact) mass is 429 g/mol. The summed E-state index contributed by atoms with van der Waals surface area (Å²) in [6.07, 6.45) is -0.410. The first-order chi connectivity index (χ1) is 8.02. The molecule has 8 heteroatoms. The van der Waals surface area contributed by atoms with E-state index in [4.69, 9.17) is 9.84 Å². The van der Waals surface area contributed by atoms with Gasteiger partial charge in [-0.1, -0.05) is 0 Å². The number of aliphatic hydroxyl groups is 2.